The average molecular weight is 318 g/mol. The molecule has 1 amide bonds. The standard InChI is InChI=1S/C18H30N4O/c1-4-19-9-10-20-18(23)16-5-7-17(8-6-16)22-13-11-21(12-14-22)15(2)3/h5-8,15,19H,4,9-14H2,1-3H3,(H,20,23). The Morgan fingerprint density at radius 3 is 2.30 bits per heavy atom. The van der Waals surface area contributed by atoms with Crippen molar-refractivity contribution in [2.75, 3.05) is 50.7 Å². The summed E-state index contributed by atoms with van der Waals surface area (Å²) in [6.07, 6.45) is 0. The van der Waals surface area contributed by atoms with Gasteiger partial charge in [0.15, 0.2) is 0 Å². The number of amides is 1. The zero-order chi connectivity index (χ0) is 16.7. The highest BCUT2D eigenvalue weighted by atomic mass is 16.1. The minimum atomic E-state index is -0.000852. The molecule has 0 atom stereocenters. The summed E-state index contributed by atoms with van der Waals surface area (Å²) in [5, 5.41) is 6.12. The van der Waals surface area contributed by atoms with Crippen LogP contribution < -0.4 is 15.5 Å². The lowest BCUT2D eigenvalue weighted by Crippen LogP contribution is -2.48. The van der Waals surface area contributed by atoms with E-state index < -0.39 is 0 Å². The second-order valence-corrected chi connectivity index (χ2v) is 6.27. The first kappa shape index (κ1) is 17.8. The number of hydrogen-bond acceptors (Lipinski definition) is 4. The summed E-state index contributed by atoms with van der Waals surface area (Å²) in [6, 6.07) is 8.58. The first-order chi connectivity index (χ1) is 11.1. The van der Waals surface area contributed by atoms with Crippen molar-refractivity contribution in [3.8, 4) is 0 Å². The minimum Gasteiger partial charge on any atom is -0.369 e. The van der Waals surface area contributed by atoms with Gasteiger partial charge >= 0.3 is 0 Å². The van der Waals surface area contributed by atoms with Crippen LogP contribution in [0.4, 0.5) is 5.69 Å². The fraction of sp³-hybridized carbons (Fsp3) is 0.611. The molecule has 2 rings (SSSR count). The van der Waals surface area contributed by atoms with Gasteiger partial charge in [0, 0.05) is 56.6 Å². The zero-order valence-electron chi connectivity index (χ0n) is 14.6. The second kappa shape index (κ2) is 8.89. The van der Waals surface area contributed by atoms with Gasteiger partial charge < -0.3 is 15.5 Å². The molecular weight excluding hydrogens is 288 g/mol. The van der Waals surface area contributed by atoms with E-state index in [1.165, 1.54) is 5.69 Å². The zero-order valence-corrected chi connectivity index (χ0v) is 14.6. The first-order valence-electron chi connectivity index (χ1n) is 8.69. The molecule has 0 bridgehead atoms. The van der Waals surface area contributed by atoms with Crippen LogP contribution in [0.5, 0.6) is 0 Å². The Balaban J connectivity index is 1.84. The number of benzene rings is 1. The lowest BCUT2D eigenvalue weighted by molar-refractivity contribution is 0.0954. The molecule has 1 aromatic carbocycles. The van der Waals surface area contributed by atoms with Crippen molar-refractivity contribution in [1.29, 1.82) is 0 Å². The first-order valence-corrected chi connectivity index (χ1v) is 8.69. The molecule has 5 nitrogen and oxygen atoms in total. The fourth-order valence-corrected chi connectivity index (χ4v) is 2.86. The lowest BCUT2D eigenvalue weighted by Gasteiger charge is -2.38. The number of nitrogens with zero attached hydrogens (tertiary/aromatic N) is 2. The lowest BCUT2D eigenvalue weighted by atomic mass is 10.1. The van der Waals surface area contributed by atoms with Gasteiger partial charge in [-0.05, 0) is 44.7 Å². The Morgan fingerprint density at radius 1 is 1.09 bits per heavy atom. The van der Waals surface area contributed by atoms with Gasteiger partial charge in [-0.15, -0.1) is 0 Å². The number of hydrogen-bond donors (Lipinski definition) is 2. The van der Waals surface area contributed by atoms with E-state index in [0.717, 1.165) is 44.8 Å². The predicted molar refractivity (Wildman–Crippen MR) is 96.2 cm³/mol. The Morgan fingerprint density at radius 2 is 1.74 bits per heavy atom. The smallest absolute Gasteiger partial charge is 0.251 e. The molecule has 0 aliphatic carbocycles. The molecule has 1 saturated heterocycles. The van der Waals surface area contributed by atoms with Crippen molar-refractivity contribution in [3.63, 3.8) is 0 Å². The third-order valence-electron chi connectivity index (χ3n) is 4.38. The van der Waals surface area contributed by atoms with Crippen molar-refractivity contribution >= 4 is 11.6 Å². The molecule has 128 valence electrons. The Hall–Kier alpha value is -1.59. The van der Waals surface area contributed by atoms with Gasteiger partial charge in [0.2, 0.25) is 0 Å². The summed E-state index contributed by atoms with van der Waals surface area (Å²) in [5.41, 5.74) is 1.93. The highest BCUT2D eigenvalue weighted by molar-refractivity contribution is 5.94. The molecule has 1 aliphatic rings. The number of rotatable bonds is 7. The molecule has 0 unspecified atom stereocenters. The van der Waals surface area contributed by atoms with Gasteiger partial charge in [0.1, 0.15) is 0 Å². The largest absolute Gasteiger partial charge is 0.369 e. The Bertz CT molecular complexity index is 478. The monoisotopic (exact) mass is 318 g/mol. The van der Waals surface area contributed by atoms with Crippen LogP contribution >= 0.6 is 0 Å². The maximum Gasteiger partial charge on any atom is 0.251 e. The number of likely N-dealkylation sites (N-methyl/N-ethyl adjacent to an activating group) is 1. The molecule has 0 saturated carbocycles. The number of carbonyl (C=O) groups is 1. The number of piperazine rings is 1. The molecule has 0 spiro atoms. The van der Waals surface area contributed by atoms with E-state index in [4.69, 9.17) is 0 Å². The Labute approximate surface area is 140 Å². The van der Waals surface area contributed by atoms with Crippen LogP contribution in [-0.2, 0) is 0 Å². The maximum absolute atomic E-state index is 12.1. The van der Waals surface area contributed by atoms with Crippen molar-refractivity contribution in [3.05, 3.63) is 29.8 Å². The van der Waals surface area contributed by atoms with E-state index >= 15 is 0 Å². The summed E-state index contributed by atoms with van der Waals surface area (Å²) in [4.78, 5) is 17.0. The summed E-state index contributed by atoms with van der Waals surface area (Å²) < 4.78 is 0. The van der Waals surface area contributed by atoms with E-state index in [1.54, 1.807) is 0 Å². The van der Waals surface area contributed by atoms with E-state index in [2.05, 4.69) is 53.3 Å². The van der Waals surface area contributed by atoms with Crippen LogP contribution in [0.1, 0.15) is 31.1 Å². The van der Waals surface area contributed by atoms with Crippen LogP contribution in [0.2, 0.25) is 0 Å². The van der Waals surface area contributed by atoms with Crippen LogP contribution in [0.3, 0.4) is 0 Å². The highest BCUT2D eigenvalue weighted by Crippen LogP contribution is 2.18. The summed E-state index contributed by atoms with van der Waals surface area (Å²) >= 11 is 0. The van der Waals surface area contributed by atoms with Gasteiger partial charge in [-0.3, -0.25) is 9.69 Å². The van der Waals surface area contributed by atoms with Gasteiger partial charge in [-0.25, -0.2) is 0 Å². The van der Waals surface area contributed by atoms with Crippen molar-refractivity contribution in [2.45, 2.75) is 26.8 Å². The summed E-state index contributed by atoms with van der Waals surface area (Å²) in [5.74, 6) is -0.000852. The molecule has 1 aliphatic heterocycles. The van der Waals surface area contributed by atoms with E-state index in [-0.39, 0.29) is 5.91 Å². The summed E-state index contributed by atoms with van der Waals surface area (Å²) in [7, 11) is 0. The van der Waals surface area contributed by atoms with Gasteiger partial charge in [0.25, 0.3) is 5.91 Å². The van der Waals surface area contributed by atoms with Crippen LogP contribution in [0, 0.1) is 0 Å². The number of anilines is 1. The van der Waals surface area contributed by atoms with E-state index in [1.807, 2.05) is 12.1 Å². The van der Waals surface area contributed by atoms with Crippen LogP contribution in [0.15, 0.2) is 24.3 Å². The third kappa shape index (κ3) is 5.22. The molecule has 1 fully saturated rings. The number of carbonyl (C=O) groups excluding carboxylic acids is 1. The average Bonchev–Trinajstić information content (AvgIpc) is 2.59. The highest BCUT2D eigenvalue weighted by Gasteiger charge is 2.19. The second-order valence-electron chi connectivity index (χ2n) is 6.27. The van der Waals surface area contributed by atoms with Gasteiger partial charge in [0.05, 0.1) is 0 Å². The SMILES string of the molecule is CCNCCNC(=O)c1ccc(N2CCN(C(C)C)CC2)cc1. The molecule has 5 heteroatoms. The molecule has 1 heterocycles. The minimum absolute atomic E-state index is 0.000852. The molecular formula is C18H30N4O. The normalized spacial score (nSPS) is 15.9. The van der Waals surface area contributed by atoms with Crippen molar-refractivity contribution in [1.82, 2.24) is 15.5 Å². The quantitative estimate of drug-likeness (QED) is 0.749. The van der Waals surface area contributed by atoms with Gasteiger partial charge in [-0.2, -0.15) is 0 Å². The Kier molecular flexibility index (Phi) is 6.86. The molecule has 0 radical (unpaired) electrons. The molecule has 0 aromatic heterocycles. The number of nitrogens with one attached hydrogen (secondary N) is 2. The topological polar surface area (TPSA) is 47.6 Å². The van der Waals surface area contributed by atoms with Crippen LogP contribution in [0.25, 0.3) is 0 Å². The maximum atomic E-state index is 12.1. The summed E-state index contributed by atoms with van der Waals surface area (Å²) in [6.45, 7) is 13.2. The van der Waals surface area contributed by atoms with Crippen molar-refractivity contribution < 1.29 is 4.79 Å². The molecule has 2 N–H and O–H groups in total. The van der Waals surface area contributed by atoms with E-state index in [9.17, 15) is 4.79 Å². The van der Waals surface area contributed by atoms with Crippen molar-refractivity contribution in [2.24, 2.45) is 0 Å². The van der Waals surface area contributed by atoms with Gasteiger partial charge in [-0.1, -0.05) is 6.92 Å². The third-order valence-corrected chi connectivity index (χ3v) is 4.38. The van der Waals surface area contributed by atoms with E-state index in [0.29, 0.717) is 12.6 Å². The molecule has 1 aromatic rings. The molecule has 23 heavy (non-hydrogen) atoms. The fourth-order valence-electron chi connectivity index (χ4n) is 2.86. The van der Waals surface area contributed by atoms with Crippen LogP contribution in [-0.4, -0.2) is 62.7 Å². The predicted octanol–water partition coefficient (Wildman–Crippen LogP) is 1.56.